The van der Waals surface area contributed by atoms with Crippen molar-refractivity contribution in [1.29, 1.82) is 0 Å². The summed E-state index contributed by atoms with van der Waals surface area (Å²) >= 11 is 0. The summed E-state index contributed by atoms with van der Waals surface area (Å²) in [7, 11) is 3.47. The van der Waals surface area contributed by atoms with Crippen LogP contribution in [0.5, 0.6) is 5.75 Å². The predicted molar refractivity (Wildman–Crippen MR) is 120 cm³/mol. The summed E-state index contributed by atoms with van der Waals surface area (Å²) in [5.41, 5.74) is 2.30. The fourth-order valence-corrected chi connectivity index (χ4v) is 3.23. The number of para-hydroxylation sites is 1. The number of hydrogen-bond donors (Lipinski definition) is 3. The summed E-state index contributed by atoms with van der Waals surface area (Å²) in [4.78, 5) is 21.9. The number of likely N-dealkylation sites (N-methyl/N-ethyl adjacent to an activating group) is 1. The number of nitrogens with zero attached hydrogens (tertiary/aromatic N) is 4. The Morgan fingerprint density at radius 3 is 2.61 bits per heavy atom. The molecule has 9 nitrogen and oxygen atoms in total. The number of rotatable bonds is 8. The van der Waals surface area contributed by atoms with E-state index in [2.05, 4.69) is 21.0 Å². The lowest BCUT2D eigenvalue weighted by Gasteiger charge is -2.15. The van der Waals surface area contributed by atoms with E-state index in [-0.39, 0.29) is 5.91 Å². The van der Waals surface area contributed by atoms with E-state index in [1.165, 1.54) is 0 Å². The second-order valence-electron chi connectivity index (χ2n) is 7.11. The average Bonchev–Trinajstić information content (AvgIpc) is 3.25. The van der Waals surface area contributed by atoms with Crippen LogP contribution in [0.4, 0.5) is 5.95 Å². The van der Waals surface area contributed by atoms with Crippen LogP contribution in [-0.2, 0) is 4.79 Å². The van der Waals surface area contributed by atoms with Crippen LogP contribution in [-0.4, -0.2) is 58.8 Å². The summed E-state index contributed by atoms with van der Waals surface area (Å²) in [6.45, 7) is 3.04. The lowest BCUT2D eigenvalue weighted by Crippen LogP contribution is -2.40. The Bertz CT molecular complexity index is 1200. The molecule has 0 aliphatic carbocycles. The molecule has 0 unspecified atom stereocenters. The molecule has 2 heterocycles. The Balaban J connectivity index is 1.73. The first-order valence-corrected chi connectivity index (χ1v) is 10.1. The second-order valence-corrected chi connectivity index (χ2v) is 7.11. The molecule has 31 heavy (non-hydrogen) atoms. The molecule has 2 aromatic heterocycles. The van der Waals surface area contributed by atoms with Crippen LogP contribution < -0.4 is 20.7 Å². The van der Waals surface area contributed by atoms with Crippen molar-refractivity contribution in [3.63, 3.8) is 0 Å². The molecule has 0 aliphatic heterocycles. The van der Waals surface area contributed by atoms with Crippen LogP contribution in [0, 0.1) is 0 Å². The molecule has 3 N–H and O–H groups in total. The number of amides is 1. The third-order valence-electron chi connectivity index (χ3n) is 4.94. The molecule has 4 rings (SSSR count). The van der Waals surface area contributed by atoms with E-state index < -0.39 is 6.04 Å². The normalized spacial score (nSPS) is 12.1. The second kappa shape index (κ2) is 8.97. The first kappa shape index (κ1) is 20.5. The number of carbonyl (C=O) groups excluding carboxylic acids is 1. The molecule has 160 valence electrons. The maximum absolute atomic E-state index is 12.4. The number of anilines is 1. The first-order valence-electron chi connectivity index (χ1n) is 10.1. The molecule has 1 amide bonds. The van der Waals surface area contributed by atoms with E-state index in [0.29, 0.717) is 30.5 Å². The van der Waals surface area contributed by atoms with E-state index >= 15 is 0 Å². The van der Waals surface area contributed by atoms with Crippen LogP contribution in [0.1, 0.15) is 6.92 Å². The van der Waals surface area contributed by atoms with Gasteiger partial charge in [-0.1, -0.05) is 12.1 Å². The van der Waals surface area contributed by atoms with Gasteiger partial charge >= 0.3 is 0 Å². The third-order valence-corrected chi connectivity index (χ3v) is 4.94. The highest BCUT2D eigenvalue weighted by Gasteiger charge is 2.18. The maximum atomic E-state index is 12.4. The van der Waals surface area contributed by atoms with Crippen molar-refractivity contribution in [3.05, 3.63) is 48.5 Å². The summed E-state index contributed by atoms with van der Waals surface area (Å²) in [6.07, 6.45) is 0. The van der Waals surface area contributed by atoms with Crippen molar-refractivity contribution in [2.45, 2.75) is 13.0 Å². The quantitative estimate of drug-likeness (QED) is 0.376. The summed E-state index contributed by atoms with van der Waals surface area (Å²) in [5.74, 6) is 1.67. The van der Waals surface area contributed by atoms with Crippen LogP contribution >= 0.6 is 0 Å². The lowest BCUT2D eigenvalue weighted by atomic mass is 10.2. The van der Waals surface area contributed by atoms with Gasteiger partial charge in [0.15, 0.2) is 11.5 Å². The van der Waals surface area contributed by atoms with Crippen LogP contribution in [0.15, 0.2) is 48.5 Å². The topological polar surface area (TPSA) is 105 Å². The van der Waals surface area contributed by atoms with Crippen LogP contribution in [0.25, 0.3) is 27.9 Å². The van der Waals surface area contributed by atoms with Gasteiger partial charge in [-0.15, -0.1) is 5.10 Å². The molecule has 0 radical (unpaired) electrons. The number of nitrogens with one attached hydrogen (secondary N) is 3. The molecule has 2 aromatic carbocycles. The molecular formula is C22H25N7O2. The standard InChI is InChI=1S/C22H25N7O2/c1-14(21(30)24-13-12-23-2)25-22-26-18-7-5-4-6-17(18)20-27-19(28-29(20)22)15-8-10-16(31-3)11-9-15/h4-11,14,23H,12-13H2,1-3H3,(H,24,30)(H,25,26)/t14-/m1/s1. The fourth-order valence-electron chi connectivity index (χ4n) is 3.23. The monoisotopic (exact) mass is 419 g/mol. The molecule has 9 heteroatoms. The Hall–Kier alpha value is -3.72. The largest absolute Gasteiger partial charge is 0.497 e. The molecular weight excluding hydrogens is 394 g/mol. The fraction of sp³-hybridized carbons (Fsp3) is 0.273. The van der Waals surface area contributed by atoms with Gasteiger partial charge < -0.3 is 20.7 Å². The Kier molecular flexibility index (Phi) is 5.94. The summed E-state index contributed by atoms with van der Waals surface area (Å²) < 4.78 is 6.89. The first-order chi connectivity index (χ1) is 15.1. The van der Waals surface area contributed by atoms with Gasteiger partial charge in [0.25, 0.3) is 0 Å². The van der Waals surface area contributed by atoms with Crippen molar-refractivity contribution in [2.24, 2.45) is 0 Å². The predicted octanol–water partition coefficient (Wildman–Crippen LogP) is 2.09. The molecule has 1 atom stereocenters. The number of carbonyl (C=O) groups is 1. The van der Waals surface area contributed by atoms with E-state index in [4.69, 9.17) is 14.7 Å². The summed E-state index contributed by atoms with van der Waals surface area (Å²) in [6, 6.07) is 14.8. The van der Waals surface area contributed by atoms with Crippen molar-refractivity contribution in [3.8, 4) is 17.1 Å². The van der Waals surface area contributed by atoms with Gasteiger partial charge in [0, 0.05) is 24.0 Å². The zero-order valence-electron chi connectivity index (χ0n) is 17.7. The van der Waals surface area contributed by atoms with E-state index in [1.54, 1.807) is 18.5 Å². The molecule has 0 fully saturated rings. The van der Waals surface area contributed by atoms with Crippen molar-refractivity contribution >= 4 is 28.4 Å². The molecule has 0 saturated heterocycles. The van der Waals surface area contributed by atoms with Crippen molar-refractivity contribution < 1.29 is 9.53 Å². The highest BCUT2D eigenvalue weighted by Crippen LogP contribution is 2.25. The van der Waals surface area contributed by atoms with Gasteiger partial charge in [-0.05, 0) is 50.4 Å². The zero-order valence-corrected chi connectivity index (χ0v) is 17.7. The Morgan fingerprint density at radius 2 is 1.87 bits per heavy atom. The molecule has 0 aliphatic rings. The minimum atomic E-state index is -0.498. The lowest BCUT2D eigenvalue weighted by molar-refractivity contribution is -0.121. The van der Waals surface area contributed by atoms with Gasteiger partial charge in [-0.25, -0.2) is 9.97 Å². The third kappa shape index (κ3) is 4.26. The number of benzene rings is 2. The molecule has 0 bridgehead atoms. The van der Waals surface area contributed by atoms with Gasteiger partial charge in [-0.3, -0.25) is 4.79 Å². The number of fused-ring (bicyclic) bond motifs is 3. The van der Waals surface area contributed by atoms with Gasteiger partial charge in [0.2, 0.25) is 11.9 Å². The highest BCUT2D eigenvalue weighted by atomic mass is 16.5. The minimum Gasteiger partial charge on any atom is -0.497 e. The number of hydrogen-bond acceptors (Lipinski definition) is 7. The average molecular weight is 419 g/mol. The zero-order chi connectivity index (χ0) is 21.8. The smallest absolute Gasteiger partial charge is 0.242 e. The van der Waals surface area contributed by atoms with E-state index in [0.717, 1.165) is 22.2 Å². The molecule has 0 spiro atoms. The maximum Gasteiger partial charge on any atom is 0.242 e. The van der Waals surface area contributed by atoms with Crippen molar-refractivity contribution in [2.75, 3.05) is 32.6 Å². The van der Waals surface area contributed by atoms with E-state index in [9.17, 15) is 4.79 Å². The minimum absolute atomic E-state index is 0.117. The summed E-state index contributed by atoms with van der Waals surface area (Å²) in [5, 5.41) is 14.6. The van der Waals surface area contributed by atoms with E-state index in [1.807, 2.05) is 55.6 Å². The van der Waals surface area contributed by atoms with Gasteiger partial charge in [-0.2, -0.15) is 4.52 Å². The van der Waals surface area contributed by atoms with Crippen molar-refractivity contribution in [1.82, 2.24) is 30.2 Å². The Labute approximate surface area is 179 Å². The highest BCUT2D eigenvalue weighted by molar-refractivity contribution is 5.93. The van der Waals surface area contributed by atoms with Gasteiger partial charge in [0.05, 0.1) is 12.6 Å². The number of aromatic nitrogens is 4. The SMILES string of the molecule is CNCCNC(=O)[C@@H](C)Nc1nc2ccccc2c2nc(-c3ccc(OC)cc3)nn12. The molecule has 4 aromatic rings. The van der Waals surface area contributed by atoms with Gasteiger partial charge in [0.1, 0.15) is 11.8 Å². The number of ether oxygens (including phenoxy) is 1. The number of methoxy groups -OCH3 is 1. The van der Waals surface area contributed by atoms with Crippen LogP contribution in [0.2, 0.25) is 0 Å². The Morgan fingerprint density at radius 1 is 1.10 bits per heavy atom. The molecule has 0 saturated carbocycles. The van der Waals surface area contributed by atoms with Crippen LogP contribution in [0.3, 0.4) is 0 Å².